The van der Waals surface area contributed by atoms with Crippen LogP contribution in [0.4, 0.5) is 23.0 Å². The molecule has 1 aromatic heterocycles. The first-order valence-corrected chi connectivity index (χ1v) is 8.06. The largest absolute Gasteiger partial charge is 0.339 e. The molecule has 0 aliphatic heterocycles. The zero-order valence-corrected chi connectivity index (χ0v) is 14.5. The zero-order valence-electron chi connectivity index (χ0n) is 12.9. The molecule has 24 heavy (non-hydrogen) atoms. The smallest absolute Gasteiger partial charge is 0.135 e. The molecule has 0 atom stereocenters. The van der Waals surface area contributed by atoms with Crippen LogP contribution in [0.5, 0.6) is 0 Å². The summed E-state index contributed by atoms with van der Waals surface area (Å²) < 4.78 is 0.963. The number of nitrogens with zero attached hydrogens (tertiary/aromatic N) is 3. The van der Waals surface area contributed by atoms with Gasteiger partial charge in [-0.3, -0.25) is 0 Å². The van der Waals surface area contributed by atoms with Gasteiger partial charge in [0.15, 0.2) is 0 Å². The lowest BCUT2D eigenvalue weighted by atomic mass is 10.2. The van der Waals surface area contributed by atoms with Crippen molar-refractivity contribution in [2.45, 2.75) is 6.92 Å². The molecular formula is C18H14BrN5. The first-order valence-electron chi connectivity index (χ1n) is 7.27. The average Bonchev–Trinajstić information content (AvgIpc) is 2.58. The Hall–Kier alpha value is -2.91. The van der Waals surface area contributed by atoms with E-state index in [9.17, 15) is 0 Å². The molecule has 5 nitrogen and oxygen atoms in total. The zero-order chi connectivity index (χ0) is 16.9. The molecule has 1 heterocycles. The van der Waals surface area contributed by atoms with Gasteiger partial charge < -0.3 is 10.6 Å². The Morgan fingerprint density at radius 3 is 2.38 bits per heavy atom. The molecule has 118 valence electrons. The van der Waals surface area contributed by atoms with E-state index in [1.807, 2.05) is 43.3 Å². The van der Waals surface area contributed by atoms with Crippen molar-refractivity contribution >= 4 is 38.9 Å². The second-order valence-corrected chi connectivity index (χ2v) is 6.03. The van der Waals surface area contributed by atoms with Gasteiger partial charge in [0.25, 0.3) is 0 Å². The average molecular weight is 380 g/mol. The number of hydrogen-bond donors (Lipinski definition) is 2. The lowest BCUT2D eigenvalue weighted by Crippen LogP contribution is -2.00. The minimum absolute atomic E-state index is 0.562. The second-order valence-electron chi connectivity index (χ2n) is 5.18. The molecule has 2 aromatic carbocycles. The summed E-state index contributed by atoms with van der Waals surface area (Å²) in [7, 11) is 0. The Kier molecular flexibility index (Phi) is 4.73. The Bertz CT molecular complexity index is 917. The van der Waals surface area contributed by atoms with Crippen LogP contribution < -0.4 is 10.6 Å². The summed E-state index contributed by atoms with van der Waals surface area (Å²) in [6, 6.07) is 17.3. The molecule has 2 N–H and O–H groups in total. The lowest BCUT2D eigenvalue weighted by molar-refractivity contribution is 1.16. The molecule has 3 aromatic rings. The van der Waals surface area contributed by atoms with Gasteiger partial charge in [0.1, 0.15) is 24.0 Å². The molecule has 0 radical (unpaired) electrons. The second kappa shape index (κ2) is 7.11. The predicted octanol–water partition coefficient (Wildman–Crippen LogP) is 4.91. The van der Waals surface area contributed by atoms with E-state index in [1.54, 1.807) is 12.1 Å². The van der Waals surface area contributed by atoms with Gasteiger partial charge in [-0.15, -0.1) is 0 Å². The van der Waals surface area contributed by atoms with E-state index in [-0.39, 0.29) is 0 Å². The summed E-state index contributed by atoms with van der Waals surface area (Å²) in [5, 5.41) is 15.6. The highest BCUT2D eigenvalue weighted by molar-refractivity contribution is 9.10. The van der Waals surface area contributed by atoms with Crippen LogP contribution >= 0.6 is 15.9 Å². The van der Waals surface area contributed by atoms with E-state index in [0.717, 1.165) is 10.2 Å². The Morgan fingerprint density at radius 1 is 0.958 bits per heavy atom. The first kappa shape index (κ1) is 16.0. The van der Waals surface area contributed by atoms with Crippen LogP contribution in [-0.4, -0.2) is 9.97 Å². The molecule has 0 spiro atoms. The maximum Gasteiger partial charge on any atom is 0.135 e. The summed E-state index contributed by atoms with van der Waals surface area (Å²) in [5.74, 6) is 1.27. The summed E-state index contributed by atoms with van der Waals surface area (Å²) in [6.07, 6.45) is 1.47. The van der Waals surface area contributed by atoms with Crippen molar-refractivity contribution in [2.24, 2.45) is 0 Å². The minimum Gasteiger partial charge on any atom is -0.339 e. The van der Waals surface area contributed by atoms with Gasteiger partial charge in [-0.25, -0.2) is 9.97 Å². The van der Waals surface area contributed by atoms with Crippen LogP contribution in [0.3, 0.4) is 0 Å². The van der Waals surface area contributed by atoms with Crippen LogP contribution in [0.1, 0.15) is 11.1 Å². The fourth-order valence-corrected chi connectivity index (χ4v) is 2.77. The fourth-order valence-electron chi connectivity index (χ4n) is 2.18. The monoisotopic (exact) mass is 379 g/mol. The summed E-state index contributed by atoms with van der Waals surface area (Å²) in [6.45, 7) is 2.04. The Balaban J connectivity index is 1.83. The van der Waals surface area contributed by atoms with Crippen molar-refractivity contribution in [1.82, 2.24) is 9.97 Å². The molecule has 0 fully saturated rings. The van der Waals surface area contributed by atoms with Crippen LogP contribution in [0.2, 0.25) is 0 Å². The quantitative estimate of drug-likeness (QED) is 0.673. The highest BCUT2D eigenvalue weighted by Crippen LogP contribution is 2.27. The molecule has 0 aliphatic carbocycles. The molecule has 3 rings (SSSR count). The van der Waals surface area contributed by atoms with E-state index in [4.69, 9.17) is 5.26 Å². The number of para-hydroxylation sites is 1. The van der Waals surface area contributed by atoms with Gasteiger partial charge in [0, 0.05) is 10.5 Å². The van der Waals surface area contributed by atoms with Gasteiger partial charge in [-0.1, -0.05) is 18.2 Å². The molecule has 0 amide bonds. The molecule has 0 saturated heterocycles. The highest BCUT2D eigenvalue weighted by Gasteiger charge is 2.05. The van der Waals surface area contributed by atoms with Gasteiger partial charge in [0.2, 0.25) is 0 Å². The van der Waals surface area contributed by atoms with E-state index >= 15 is 0 Å². The standard InChI is InChI=1S/C18H14BrN5/c1-12-6-7-16(14(19)8-12)24-18-9-17(21-11-22-18)23-15-5-3-2-4-13(15)10-20/h2-9,11H,1H3,(H2,21,22,23,24). The highest BCUT2D eigenvalue weighted by atomic mass is 79.9. The number of aromatic nitrogens is 2. The van der Waals surface area contributed by atoms with Crippen LogP contribution in [0.15, 0.2) is 59.3 Å². The number of aryl methyl sites for hydroxylation is 1. The number of anilines is 4. The SMILES string of the molecule is Cc1ccc(Nc2cc(Nc3ccccc3C#N)ncn2)c(Br)c1. The van der Waals surface area contributed by atoms with Gasteiger partial charge >= 0.3 is 0 Å². The summed E-state index contributed by atoms with van der Waals surface area (Å²) >= 11 is 3.54. The van der Waals surface area contributed by atoms with Crippen molar-refractivity contribution in [1.29, 1.82) is 5.26 Å². The molecule has 0 unspecified atom stereocenters. The predicted molar refractivity (Wildman–Crippen MR) is 98.6 cm³/mol. The molecule has 6 heteroatoms. The maximum absolute atomic E-state index is 9.16. The number of hydrogen-bond acceptors (Lipinski definition) is 5. The number of rotatable bonds is 4. The molecule has 0 aliphatic rings. The van der Waals surface area contributed by atoms with Crippen molar-refractivity contribution in [2.75, 3.05) is 10.6 Å². The third kappa shape index (κ3) is 3.70. The van der Waals surface area contributed by atoms with Crippen molar-refractivity contribution in [3.8, 4) is 6.07 Å². The Morgan fingerprint density at radius 2 is 1.67 bits per heavy atom. The topological polar surface area (TPSA) is 73.6 Å². The van der Waals surface area contributed by atoms with Crippen molar-refractivity contribution in [3.05, 3.63) is 70.5 Å². The van der Waals surface area contributed by atoms with Crippen LogP contribution in [-0.2, 0) is 0 Å². The third-order valence-electron chi connectivity index (χ3n) is 3.36. The van der Waals surface area contributed by atoms with Gasteiger partial charge in [0.05, 0.1) is 16.9 Å². The summed E-state index contributed by atoms with van der Waals surface area (Å²) in [4.78, 5) is 8.44. The van der Waals surface area contributed by atoms with Crippen LogP contribution in [0.25, 0.3) is 0 Å². The number of halogens is 1. The number of nitrogens with one attached hydrogen (secondary N) is 2. The minimum atomic E-state index is 0.562. The van der Waals surface area contributed by atoms with E-state index in [0.29, 0.717) is 22.9 Å². The Labute approximate surface area is 148 Å². The first-order chi connectivity index (χ1) is 11.7. The molecular weight excluding hydrogens is 366 g/mol. The maximum atomic E-state index is 9.16. The fraction of sp³-hybridized carbons (Fsp3) is 0.0556. The van der Waals surface area contributed by atoms with E-state index < -0.39 is 0 Å². The molecule has 0 saturated carbocycles. The van der Waals surface area contributed by atoms with E-state index in [2.05, 4.69) is 42.6 Å². The number of nitriles is 1. The van der Waals surface area contributed by atoms with Crippen molar-refractivity contribution in [3.63, 3.8) is 0 Å². The van der Waals surface area contributed by atoms with Gasteiger partial charge in [-0.05, 0) is 52.7 Å². The van der Waals surface area contributed by atoms with E-state index in [1.165, 1.54) is 11.9 Å². The summed E-state index contributed by atoms with van der Waals surface area (Å²) in [5.41, 5.74) is 3.36. The van der Waals surface area contributed by atoms with Crippen molar-refractivity contribution < 1.29 is 0 Å². The van der Waals surface area contributed by atoms with Crippen LogP contribution in [0, 0.1) is 18.3 Å². The lowest BCUT2D eigenvalue weighted by Gasteiger charge is -2.11. The normalized spacial score (nSPS) is 10.0. The number of benzene rings is 2. The third-order valence-corrected chi connectivity index (χ3v) is 4.02. The molecule has 0 bridgehead atoms. The van der Waals surface area contributed by atoms with Gasteiger partial charge in [-0.2, -0.15) is 5.26 Å².